The summed E-state index contributed by atoms with van der Waals surface area (Å²) in [6, 6.07) is 0. The van der Waals surface area contributed by atoms with Crippen molar-refractivity contribution in [1.29, 1.82) is 5.41 Å². The largest absolute Gasteiger partial charge is 0.386 e. The molecule has 4 N–H and O–H groups in total. The van der Waals surface area contributed by atoms with Crippen LogP contribution in [0.15, 0.2) is 12.3 Å². The highest BCUT2D eigenvalue weighted by Crippen LogP contribution is 1.96. The maximum atomic E-state index is 6.85. The summed E-state index contributed by atoms with van der Waals surface area (Å²) in [5.74, 6) is 0.0664. The summed E-state index contributed by atoms with van der Waals surface area (Å²) in [5.41, 5.74) is 5.13. The number of hydrogen-bond donors (Lipinski definition) is 3. The lowest BCUT2D eigenvalue weighted by Gasteiger charge is -2.18. The SMILES string of the molecule is CC(C)(C)N/C=C\C(=N)N. The topological polar surface area (TPSA) is 61.9 Å². The summed E-state index contributed by atoms with van der Waals surface area (Å²) in [4.78, 5) is 0. The van der Waals surface area contributed by atoms with Crippen LogP contribution in [0.4, 0.5) is 0 Å². The van der Waals surface area contributed by atoms with Crippen LogP contribution in [0, 0.1) is 5.41 Å². The molecule has 0 aromatic heterocycles. The van der Waals surface area contributed by atoms with Gasteiger partial charge in [-0.25, -0.2) is 0 Å². The van der Waals surface area contributed by atoms with Crippen LogP contribution in [-0.4, -0.2) is 11.4 Å². The van der Waals surface area contributed by atoms with E-state index in [9.17, 15) is 0 Å². The molecule has 0 saturated heterocycles. The third-order valence-electron chi connectivity index (χ3n) is 0.779. The Morgan fingerprint density at radius 1 is 1.50 bits per heavy atom. The first-order chi connectivity index (χ1) is 4.42. The summed E-state index contributed by atoms with van der Waals surface area (Å²) in [6.45, 7) is 6.12. The Bertz CT molecular complexity index is 141. The molecule has 0 aliphatic rings. The lowest BCUT2D eigenvalue weighted by Crippen LogP contribution is -2.31. The average molecular weight is 141 g/mol. The fourth-order valence-corrected chi connectivity index (χ4v) is 0.381. The Balaban J connectivity index is 3.64. The van der Waals surface area contributed by atoms with Crippen molar-refractivity contribution < 1.29 is 0 Å². The van der Waals surface area contributed by atoms with Crippen molar-refractivity contribution in [2.75, 3.05) is 0 Å². The summed E-state index contributed by atoms with van der Waals surface area (Å²) in [7, 11) is 0. The molecule has 0 aromatic carbocycles. The first kappa shape index (κ1) is 9.01. The quantitative estimate of drug-likeness (QED) is 0.394. The van der Waals surface area contributed by atoms with Crippen LogP contribution in [0.2, 0.25) is 0 Å². The second-order valence-electron chi connectivity index (χ2n) is 3.18. The lowest BCUT2D eigenvalue weighted by molar-refractivity contribution is 0.491. The number of nitrogens with one attached hydrogen (secondary N) is 2. The third-order valence-corrected chi connectivity index (χ3v) is 0.779. The number of hydrogen-bond acceptors (Lipinski definition) is 2. The molecule has 0 atom stereocenters. The monoisotopic (exact) mass is 141 g/mol. The van der Waals surface area contributed by atoms with Gasteiger partial charge >= 0.3 is 0 Å². The van der Waals surface area contributed by atoms with E-state index in [0.717, 1.165) is 0 Å². The fraction of sp³-hybridized carbons (Fsp3) is 0.571. The Labute approximate surface area is 61.8 Å². The highest BCUT2D eigenvalue weighted by molar-refractivity contribution is 5.88. The number of rotatable bonds is 2. The van der Waals surface area contributed by atoms with Crippen LogP contribution in [0.5, 0.6) is 0 Å². The van der Waals surface area contributed by atoms with Crippen LogP contribution in [0.3, 0.4) is 0 Å². The Hall–Kier alpha value is -0.990. The maximum Gasteiger partial charge on any atom is 0.116 e. The van der Waals surface area contributed by atoms with Crippen LogP contribution >= 0.6 is 0 Å². The van der Waals surface area contributed by atoms with Gasteiger partial charge in [0.25, 0.3) is 0 Å². The molecule has 10 heavy (non-hydrogen) atoms. The van der Waals surface area contributed by atoms with Gasteiger partial charge < -0.3 is 11.1 Å². The first-order valence-corrected chi connectivity index (χ1v) is 3.20. The molecule has 3 heteroatoms. The standard InChI is InChI=1S/C7H15N3/c1-7(2,3)10-5-4-6(8)9/h4-5,10H,1-3H3,(H3,8,9)/b5-4-. The van der Waals surface area contributed by atoms with Gasteiger partial charge in [0.05, 0.1) is 0 Å². The molecule has 0 saturated carbocycles. The Morgan fingerprint density at radius 2 is 2.00 bits per heavy atom. The van der Waals surface area contributed by atoms with Gasteiger partial charge in [-0.05, 0) is 26.8 Å². The van der Waals surface area contributed by atoms with Gasteiger partial charge in [-0.1, -0.05) is 0 Å². The van der Waals surface area contributed by atoms with Crippen molar-refractivity contribution in [3.8, 4) is 0 Å². The predicted octanol–water partition coefficient (Wildman–Crippen LogP) is 0.824. The van der Waals surface area contributed by atoms with E-state index in [2.05, 4.69) is 5.32 Å². The minimum Gasteiger partial charge on any atom is -0.386 e. The molecule has 0 fully saturated rings. The van der Waals surface area contributed by atoms with Crippen molar-refractivity contribution in [2.24, 2.45) is 5.73 Å². The zero-order valence-corrected chi connectivity index (χ0v) is 6.73. The van der Waals surface area contributed by atoms with E-state index >= 15 is 0 Å². The summed E-state index contributed by atoms with van der Waals surface area (Å²) in [6.07, 6.45) is 3.20. The van der Waals surface area contributed by atoms with E-state index in [4.69, 9.17) is 11.1 Å². The zero-order chi connectivity index (χ0) is 8.20. The summed E-state index contributed by atoms with van der Waals surface area (Å²) >= 11 is 0. The lowest BCUT2D eigenvalue weighted by atomic mass is 10.1. The molecule has 0 spiro atoms. The molecule has 3 nitrogen and oxygen atoms in total. The van der Waals surface area contributed by atoms with Crippen LogP contribution < -0.4 is 11.1 Å². The molecule has 0 aromatic rings. The van der Waals surface area contributed by atoms with Crippen LogP contribution in [-0.2, 0) is 0 Å². The molecule has 0 aliphatic heterocycles. The Kier molecular flexibility index (Phi) is 2.93. The van der Waals surface area contributed by atoms with Crippen LogP contribution in [0.1, 0.15) is 20.8 Å². The van der Waals surface area contributed by atoms with Gasteiger partial charge in [0.15, 0.2) is 0 Å². The van der Waals surface area contributed by atoms with E-state index in [-0.39, 0.29) is 11.4 Å². The fourth-order valence-electron chi connectivity index (χ4n) is 0.381. The van der Waals surface area contributed by atoms with Crippen molar-refractivity contribution >= 4 is 5.84 Å². The van der Waals surface area contributed by atoms with E-state index in [1.165, 1.54) is 6.08 Å². The molecule has 0 heterocycles. The van der Waals surface area contributed by atoms with Gasteiger partial charge in [0, 0.05) is 11.7 Å². The molecular formula is C7H15N3. The molecule has 0 bridgehead atoms. The second-order valence-corrected chi connectivity index (χ2v) is 3.18. The summed E-state index contributed by atoms with van der Waals surface area (Å²) in [5, 5.41) is 9.90. The third kappa shape index (κ3) is 7.01. The molecule has 0 unspecified atom stereocenters. The first-order valence-electron chi connectivity index (χ1n) is 3.20. The summed E-state index contributed by atoms with van der Waals surface area (Å²) < 4.78 is 0. The van der Waals surface area contributed by atoms with E-state index in [1.807, 2.05) is 20.8 Å². The minimum absolute atomic E-state index is 0.0476. The molecule has 0 rings (SSSR count). The van der Waals surface area contributed by atoms with Crippen LogP contribution in [0.25, 0.3) is 0 Å². The highest BCUT2D eigenvalue weighted by atomic mass is 14.9. The van der Waals surface area contributed by atoms with Crippen molar-refractivity contribution in [1.82, 2.24) is 5.32 Å². The predicted molar refractivity (Wildman–Crippen MR) is 43.9 cm³/mol. The highest BCUT2D eigenvalue weighted by Gasteiger charge is 2.03. The average Bonchev–Trinajstić information content (AvgIpc) is 1.59. The van der Waals surface area contributed by atoms with E-state index in [1.54, 1.807) is 6.20 Å². The maximum absolute atomic E-state index is 6.85. The normalized spacial score (nSPS) is 11.9. The molecule has 0 amide bonds. The van der Waals surface area contributed by atoms with Gasteiger partial charge in [0.2, 0.25) is 0 Å². The van der Waals surface area contributed by atoms with Gasteiger partial charge in [-0.2, -0.15) is 0 Å². The van der Waals surface area contributed by atoms with Gasteiger partial charge in [0.1, 0.15) is 5.84 Å². The molecule has 0 radical (unpaired) electrons. The van der Waals surface area contributed by atoms with Crippen molar-refractivity contribution in [3.63, 3.8) is 0 Å². The molecular weight excluding hydrogens is 126 g/mol. The van der Waals surface area contributed by atoms with E-state index < -0.39 is 0 Å². The van der Waals surface area contributed by atoms with E-state index in [0.29, 0.717) is 0 Å². The molecule has 0 aliphatic carbocycles. The van der Waals surface area contributed by atoms with Gasteiger partial charge in [-0.15, -0.1) is 0 Å². The minimum atomic E-state index is 0.0476. The zero-order valence-electron chi connectivity index (χ0n) is 6.73. The number of nitrogens with two attached hydrogens (primary N) is 1. The second kappa shape index (κ2) is 3.25. The smallest absolute Gasteiger partial charge is 0.116 e. The Morgan fingerprint density at radius 3 is 2.30 bits per heavy atom. The number of amidine groups is 1. The molecule has 58 valence electrons. The van der Waals surface area contributed by atoms with Gasteiger partial charge in [-0.3, -0.25) is 5.41 Å². The van der Waals surface area contributed by atoms with Crippen molar-refractivity contribution in [2.45, 2.75) is 26.3 Å². The van der Waals surface area contributed by atoms with Crippen molar-refractivity contribution in [3.05, 3.63) is 12.3 Å².